The molecular formula is C13H20N2. The van der Waals surface area contributed by atoms with Crippen LogP contribution in [0.2, 0.25) is 0 Å². The van der Waals surface area contributed by atoms with E-state index in [1.165, 1.54) is 44.1 Å². The number of nitrogens with two attached hydrogens (primary N) is 1. The second-order valence-corrected chi connectivity index (χ2v) is 4.63. The van der Waals surface area contributed by atoms with Crippen molar-refractivity contribution in [3.63, 3.8) is 0 Å². The van der Waals surface area contributed by atoms with Crippen LogP contribution in [0.1, 0.15) is 44.1 Å². The fraction of sp³-hybridized carbons (Fsp3) is 0.615. The second kappa shape index (κ2) is 4.75. The summed E-state index contributed by atoms with van der Waals surface area (Å²) in [5, 5.41) is 0. The summed E-state index contributed by atoms with van der Waals surface area (Å²) in [6.45, 7) is 0.775. The summed E-state index contributed by atoms with van der Waals surface area (Å²) in [4.78, 5) is 4.09. The summed E-state index contributed by atoms with van der Waals surface area (Å²) in [7, 11) is 0. The van der Waals surface area contributed by atoms with Gasteiger partial charge in [-0.05, 0) is 30.5 Å². The van der Waals surface area contributed by atoms with Crippen molar-refractivity contribution < 1.29 is 0 Å². The molecule has 15 heavy (non-hydrogen) atoms. The summed E-state index contributed by atoms with van der Waals surface area (Å²) in [6.07, 6.45) is 11.6. The molecule has 0 bridgehead atoms. The van der Waals surface area contributed by atoms with E-state index in [1.54, 1.807) is 0 Å². The zero-order valence-electron chi connectivity index (χ0n) is 9.28. The minimum Gasteiger partial charge on any atom is -0.330 e. The van der Waals surface area contributed by atoms with Gasteiger partial charge in [-0.15, -0.1) is 0 Å². The van der Waals surface area contributed by atoms with E-state index in [4.69, 9.17) is 5.73 Å². The van der Waals surface area contributed by atoms with Crippen LogP contribution >= 0.6 is 0 Å². The second-order valence-electron chi connectivity index (χ2n) is 4.63. The maximum atomic E-state index is 6.02. The lowest BCUT2D eigenvalue weighted by atomic mass is 9.75. The van der Waals surface area contributed by atoms with Crippen molar-refractivity contribution in [1.82, 2.24) is 4.98 Å². The van der Waals surface area contributed by atoms with Gasteiger partial charge in [-0.2, -0.15) is 0 Å². The molecule has 0 saturated heterocycles. The highest BCUT2D eigenvalue weighted by atomic mass is 14.6. The molecule has 0 radical (unpaired) electrons. The molecule has 1 aromatic heterocycles. The van der Waals surface area contributed by atoms with Crippen LogP contribution in [0.25, 0.3) is 0 Å². The van der Waals surface area contributed by atoms with Crippen LogP contribution in [-0.4, -0.2) is 11.5 Å². The molecule has 1 fully saturated rings. The first kappa shape index (κ1) is 10.6. The first-order chi connectivity index (χ1) is 7.37. The van der Waals surface area contributed by atoms with Crippen LogP contribution < -0.4 is 5.73 Å². The molecule has 0 spiro atoms. The lowest BCUT2D eigenvalue weighted by Crippen LogP contribution is -2.34. The predicted molar refractivity (Wildman–Crippen MR) is 62.7 cm³/mol. The van der Waals surface area contributed by atoms with Gasteiger partial charge in [-0.25, -0.2) is 0 Å². The van der Waals surface area contributed by atoms with E-state index in [-0.39, 0.29) is 5.41 Å². The molecule has 2 rings (SSSR count). The molecule has 1 aliphatic carbocycles. The molecule has 1 aromatic rings. The molecule has 2 heteroatoms. The Labute approximate surface area is 91.9 Å². The van der Waals surface area contributed by atoms with Crippen LogP contribution in [0.3, 0.4) is 0 Å². The van der Waals surface area contributed by atoms with Gasteiger partial charge < -0.3 is 5.73 Å². The van der Waals surface area contributed by atoms with Crippen LogP contribution in [0.4, 0.5) is 0 Å². The lowest BCUT2D eigenvalue weighted by Gasteiger charge is -2.31. The zero-order valence-corrected chi connectivity index (χ0v) is 9.28. The largest absolute Gasteiger partial charge is 0.330 e. The van der Waals surface area contributed by atoms with Gasteiger partial charge in [0.2, 0.25) is 0 Å². The monoisotopic (exact) mass is 204 g/mol. The van der Waals surface area contributed by atoms with Crippen molar-refractivity contribution in [2.75, 3.05) is 6.54 Å². The van der Waals surface area contributed by atoms with Gasteiger partial charge in [0, 0.05) is 24.4 Å². The molecule has 1 saturated carbocycles. The molecular weight excluding hydrogens is 184 g/mol. The number of nitrogens with zero attached hydrogens (tertiary/aromatic N) is 1. The first-order valence-electron chi connectivity index (χ1n) is 5.98. The van der Waals surface area contributed by atoms with E-state index < -0.39 is 0 Å². The molecule has 2 N–H and O–H groups in total. The van der Waals surface area contributed by atoms with Crippen molar-refractivity contribution >= 4 is 0 Å². The van der Waals surface area contributed by atoms with Gasteiger partial charge in [0.25, 0.3) is 0 Å². The maximum absolute atomic E-state index is 6.02. The van der Waals surface area contributed by atoms with E-state index in [1.807, 2.05) is 12.4 Å². The molecule has 0 aromatic carbocycles. The fourth-order valence-electron chi connectivity index (χ4n) is 2.72. The van der Waals surface area contributed by atoms with E-state index in [0.717, 1.165) is 6.54 Å². The third kappa shape index (κ3) is 2.20. The standard InChI is InChI=1S/C13H20N2/c14-11-13(7-3-1-2-4-8-13)12-5-9-15-10-6-12/h5-6,9-10H,1-4,7-8,11,14H2. The average molecular weight is 204 g/mol. The summed E-state index contributed by atoms with van der Waals surface area (Å²) in [5.74, 6) is 0. The normalized spacial score (nSPS) is 20.9. The Kier molecular flexibility index (Phi) is 3.37. The third-order valence-corrected chi connectivity index (χ3v) is 3.74. The lowest BCUT2D eigenvalue weighted by molar-refractivity contribution is 0.380. The number of hydrogen-bond donors (Lipinski definition) is 1. The van der Waals surface area contributed by atoms with E-state index in [2.05, 4.69) is 17.1 Å². The molecule has 0 unspecified atom stereocenters. The Balaban J connectivity index is 2.27. The summed E-state index contributed by atoms with van der Waals surface area (Å²) >= 11 is 0. The van der Waals surface area contributed by atoms with E-state index in [9.17, 15) is 0 Å². The molecule has 2 nitrogen and oxygen atoms in total. The first-order valence-corrected chi connectivity index (χ1v) is 5.98. The maximum Gasteiger partial charge on any atom is 0.0270 e. The Hall–Kier alpha value is -0.890. The molecule has 1 aliphatic rings. The van der Waals surface area contributed by atoms with Gasteiger partial charge in [0.05, 0.1) is 0 Å². The molecule has 82 valence electrons. The molecule has 1 heterocycles. The van der Waals surface area contributed by atoms with Gasteiger partial charge in [-0.3, -0.25) is 4.98 Å². The van der Waals surface area contributed by atoms with E-state index in [0.29, 0.717) is 0 Å². The van der Waals surface area contributed by atoms with Crippen molar-refractivity contribution in [3.05, 3.63) is 30.1 Å². The highest BCUT2D eigenvalue weighted by molar-refractivity contribution is 5.23. The summed E-state index contributed by atoms with van der Waals surface area (Å²) in [6, 6.07) is 4.27. The molecule has 0 atom stereocenters. The van der Waals surface area contributed by atoms with Crippen molar-refractivity contribution in [3.8, 4) is 0 Å². The van der Waals surface area contributed by atoms with E-state index >= 15 is 0 Å². The minimum atomic E-state index is 0.236. The molecule has 0 amide bonds. The van der Waals surface area contributed by atoms with Gasteiger partial charge >= 0.3 is 0 Å². The van der Waals surface area contributed by atoms with Crippen molar-refractivity contribution in [2.45, 2.75) is 43.9 Å². The van der Waals surface area contributed by atoms with Crippen LogP contribution in [-0.2, 0) is 5.41 Å². The van der Waals surface area contributed by atoms with Crippen LogP contribution in [0, 0.1) is 0 Å². The summed E-state index contributed by atoms with van der Waals surface area (Å²) < 4.78 is 0. The Morgan fingerprint density at radius 3 is 2.20 bits per heavy atom. The van der Waals surface area contributed by atoms with Gasteiger partial charge in [-0.1, -0.05) is 25.7 Å². The summed E-state index contributed by atoms with van der Waals surface area (Å²) in [5.41, 5.74) is 7.65. The van der Waals surface area contributed by atoms with Crippen LogP contribution in [0.15, 0.2) is 24.5 Å². The predicted octanol–water partition coefficient (Wildman–Crippen LogP) is 2.63. The highest BCUT2D eigenvalue weighted by Gasteiger charge is 2.31. The van der Waals surface area contributed by atoms with Gasteiger partial charge in [0.1, 0.15) is 0 Å². The van der Waals surface area contributed by atoms with Gasteiger partial charge in [0.15, 0.2) is 0 Å². The Bertz CT molecular complexity index is 287. The number of aromatic nitrogens is 1. The smallest absolute Gasteiger partial charge is 0.0270 e. The Morgan fingerprint density at radius 2 is 1.67 bits per heavy atom. The average Bonchev–Trinajstić information content (AvgIpc) is 2.56. The van der Waals surface area contributed by atoms with Crippen LogP contribution in [0.5, 0.6) is 0 Å². The zero-order chi connectivity index (χ0) is 10.6. The Morgan fingerprint density at radius 1 is 1.07 bits per heavy atom. The van der Waals surface area contributed by atoms with Crippen molar-refractivity contribution in [2.24, 2.45) is 5.73 Å². The minimum absolute atomic E-state index is 0.236. The quantitative estimate of drug-likeness (QED) is 0.752. The topological polar surface area (TPSA) is 38.9 Å². The molecule has 0 aliphatic heterocycles. The fourth-order valence-corrected chi connectivity index (χ4v) is 2.72. The number of pyridine rings is 1. The number of rotatable bonds is 2. The third-order valence-electron chi connectivity index (χ3n) is 3.74. The number of hydrogen-bond acceptors (Lipinski definition) is 2. The SMILES string of the molecule is NCC1(c2ccncc2)CCCCCC1. The van der Waals surface area contributed by atoms with Crippen molar-refractivity contribution in [1.29, 1.82) is 0 Å². The highest BCUT2D eigenvalue weighted by Crippen LogP contribution is 2.37.